The van der Waals surface area contributed by atoms with E-state index in [9.17, 15) is 9.59 Å². The molecule has 0 bridgehead atoms. The van der Waals surface area contributed by atoms with Crippen LogP contribution in [0.25, 0.3) is 5.57 Å². The van der Waals surface area contributed by atoms with Crippen LogP contribution in [0.3, 0.4) is 0 Å². The Bertz CT molecular complexity index is 1140. The molecule has 0 aliphatic heterocycles. The molecule has 0 aliphatic rings. The number of carbonyl (C=O) groups is 2. The van der Waals surface area contributed by atoms with Gasteiger partial charge < -0.3 is 9.74 Å². The smallest absolute Gasteiger partial charge is 0.343 e. The number of nitrogens with zero attached hydrogens (tertiary/aromatic N) is 2. The van der Waals surface area contributed by atoms with E-state index in [4.69, 9.17) is 17.1 Å². The molecule has 1 heterocycles. The van der Waals surface area contributed by atoms with Crippen LogP contribution in [-0.2, 0) is 9.59 Å². The van der Waals surface area contributed by atoms with E-state index in [1.54, 1.807) is 29.3 Å². The molecule has 182 valence electrons. The zero-order chi connectivity index (χ0) is 25.0. The number of unbranched alkanes of at least 4 members (excludes halogenated alkanes) is 1. The van der Waals surface area contributed by atoms with Crippen molar-refractivity contribution in [2.24, 2.45) is 5.92 Å². The highest BCUT2D eigenvalue weighted by Crippen LogP contribution is 2.25. The normalized spacial score (nSPS) is 11.4. The van der Waals surface area contributed by atoms with Crippen LogP contribution in [0.2, 0.25) is 0 Å². The van der Waals surface area contributed by atoms with Gasteiger partial charge in [-0.2, -0.15) is 4.73 Å². The monoisotopic (exact) mass is 488 g/mol. The van der Waals surface area contributed by atoms with Crippen molar-refractivity contribution < 1.29 is 14.4 Å². The Kier molecular flexibility index (Phi) is 9.99. The van der Waals surface area contributed by atoms with Crippen molar-refractivity contribution in [3.63, 3.8) is 0 Å². The van der Waals surface area contributed by atoms with Gasteiger partial charge in [0.1, 0.15) is 10.6 Å². The van der Waals surface area contributed by atoms with Crippen LogP contribution in [0.5, 0.6) is 0 Å². The molecule has 0 spiro atoms. The summed E-state index contributed by atoms with van der Waals surface area (Å²) in [4.78, 5) is 33.4. The molecular weight excluding hydrogens is 456 g/mol. The summed E-state index contributed by atoms with van der Waals surface area (Å²) in [5, 5.41) is 0. The maximum Gasteiger partial charge on any atom is 0.345 e. The fourth-order valence-electron chi connectivity index (χ4n) is 3.95. The minimum Gasteiger partial charge on any atom is -0.343 e. The van der Waals surface area contributed by atoms with Gasteiger partial charge in [0, 0.05) is 19.3 Å². The second kappa shape index (κ2) is 13.4. The van der Waals surface area contributed by atoms with Gasteiger partial charge in [0.15, 0.2) is 0 Å². The molecule has 35 heavy (non-hydrogen) atoms. The minimum absolute atomic E-state index is 0.210. The molecular formula is C29H32N2O3S. The Hall–Kier alpha value is -3.51. The third-order valence-electron chi connectivity index (χ3n) is 5.85. The van der Waals surface area contributed by atoms with Crippen LogP contribution in [0.15, 0.2) is 91.1 Å². The summed E-state index contributed by atoms with van der Waals surface area (Å²) >= 11 is 5.23. The largest absolute Gasteiger partial charge is 0.345 e. The predicted octanol–water partition coefficient (Wildman–Crippen LogP) is 5.96. The number of hydrogen-bond acceptors (Lipinski definition) is 4. The maximum absolute atomic E-state index is 13.2. The summed E-state index contributed by atoms with van der Waals surface area (Å²) in [7, 11) is 0. The van der Waals surface area contributed by atoms with Crippen molar-refractivity contribution in [3.05, 3.63) is 107 Å². The van der Waals surface area contributed by atoms with Gasteiger partial charge in [-0.3, -0.25) is 4.79 Å². The highest BCUT2D eigenvalue weighted by atomic mass is 32.1. The molecule has 0 aliphatic carbocycles. The molecule has 0 saturated carbocycles. The highest BCUT2D eigenvalue weighted by molar-refractivity contribution is 7.71. The lowest BCUT2D eigenvalue weighted by molar-refractivity contribution is -0.156. The van der Waals surface area contributed by atoms with Crippen molar-refractivity contribution in [2.45, 2.75) is 33.1 Å². The van der Waals surface area contributed by atoms with E-state index in [1.165, 1.54) is 4.73 Å². The number of pyridine rings is 1. The Morgan fingerprint density at radius 1 is 0.914 bits per heavy atom. The molecule has 3 rings (SSSR count). The van der Waals surface area contributed by atoms with Crippen LogP contribution in [0.1, 0.15) is 44.2 Å². The molecule has 1 unspecified atom stereocenters. The first-order valence-corrected chi connectivity index (χ1v) is 12.5. The summed E-state index contributed by atoms with van der Waals surface area (Å²) in [5.74, 6) is -1.68. The molecule has 3 aromatic rings. The summed E-state index contributed by atoms with van der Waals surface area (Å²) in [6.45, 7) is 4.89. The van der Waals surface area contributed by atoms with E-state index >= 15 is 0 Å². The zero-order valence-corrected chi connectivity index (χ0v) is 21.1. The predicted molar refractivity (Wildman–Crippen MR) is 142 cm³/mol. The quantitative estimate of drug-likeness (QED) is 0.190. The van der Waals surface area contributed by atoms with Gasteiger partial charge in [0.25, 0.3) is 0 Å². The minimum atomic E-state index is -0.887. The first-order chi connectivity index (χ1) is 17.0. The number of aromatic nitrogens is 1. The van der Waals surface area contributed by atoms with Gasteiger partial charge in [-0.25, -0.2) is 4.79 Å². The number of rotatable bonds is 11. The number of allylic oxidation sites excluding steroid dienone is 1. The van der Waals surface area contributed by atoms with Gasteiger partial charge in [-0.1, -0.05) is 85.0 Å². The summed E-state index contributed by atoms with van der Waals surface area (Å²) in [5.41, 5.74) is 3.40. The summed E-state index contributed by atoms with van der Waals surface area (Å²) < 4.78 is 1.61. The third-order valence-corrected chi connectivity index (χ3v) is 6.17. The van der Waals surface area contributed by atoms with Gasteiger partial charge in [0.2, 0.25) is 5.91 Å². The van der Waals surface area contributed by atoms with Crippen LogP contribution in [-0.4, -0.2) is 34.6 Å². The van der Waals surface area contributed by atoms with Gasteiger partial charge in [-0.05, 0) is 61.9 Å². The number of carbonyl (C=O) groups excluding carboxylic acids is 2. The second-order valence-electron chi connectivity index (χ2n) is 8.12. The van der Waals surface area contributed by atoms with E-state index < -0.39 is 11.9 Å². The van der Waals surface area contributed by atoms with Gasteiger partial charge in [0.05, 0.1) is 0 Å². The number of hydrogen-bond donors (Lipinski definition) is 0. The topological polar surface area (TPSA) is 51.5 Å². The summed E-state index contributed by atoms with van der Waals surface area (Å²) in [6.07, 6.45) is 5.53. The van der Waals surface area contributed by atoms with Crippen molar-refractivity contribution in [1.82, 2.24) is 9.63 Å². The molecule has 1 aromatic heterocycles. The average molecular weight is 489 g/mol. The highest BCUT2D eigenvalue weighted by Gasteiger charge is 2.31. The number of amides is 1. The first-order valence-electron chi connectivity index (χ1n) is 12.0. The molecule has 6 heteroatoms. The standard InChI is InChI=1S/C29H32N2O3S/c1-3-30(4-2)28(32)26(29(33)34-31-22-14-13-21-27(31)35)20-12-11-19-25(23-15-7-5-8-16-23)24-17-9-6-10-18-24/h5-10,13-19,21-22,26H,3-4,11-12,20H2,1-2H3. The van der Waals surface area contributed by atoms with E-state index in [0.717, 1.165) is 23.1 Å². The third kappa shape index (κ3) is 7.23. The van der Waals surface area contributed by atoms with Crippen molar-refractivity contribution in [2.75, 3.05) is 13.1 Å². The lowest BCUT2D eigenvalue weighted by atomic mass is 9.95. The van der Waals surface area contributed by atoms with Crippen molar-refractivity contribution >= 4 is 29.7 Å². The Morgan fingerprint density at radius 2 is 1.49 bits per heavy atom. The fourth-order valence-corrected chi connectivity index (χ4v) is 4.13. The van der Waals surface area contributed by atoms with E-state index in [1.807, 2.05) is 50.2 Å². The van der Waals surface area contributed by atoms with Crippen LogP contribution in [0.4, 0.5) is 0 Å². The molecule has 2 aromatic carbocycles. The SMILES string of the molecule is CCN(CC)C(=O)C(CCCC=C(c1ccccc1)c1ccccc1)C(=O)On1ccccc1=S. The molecule has 0 saturated heterocycles. The Morgan fingerprint density at radius 3 is 2.03 bits per heavy atom. The molecule has 0 fully saturated rings. The van der Waals surface area contributed by atoms with Gasteiger partial charge >= 0.3 is 5.97 Å². The van der Waals surface area contributed by atoms with Crippen LogP contribution >= 0.6 is 12.2 Å². The lowest BCUT2D eigenvalue weighted by Gasteiger charge is -2.24. The van der Waals surface area contributed by atoms with Gasteiger partial charge in [-0.15, -0.1) is 0 Å². The lowest BCUT2D eigenvalue weighted by Crippen LogP contribution is -2.42. The maximum atomic E-state index is 13.2. The molecule has 0 radical (unpaired) electrons. The first kappa shape index (κ1) is 26.1. The van der Waals surface area contributed by atoms with Crippen LogP contribution in [0, 0.1) is 10.6 Å². The van der Waals surface area contributed by atoms with Crippen molar-refractivity contribution in [1.29, 1.82) is 0 Å². The molecule has 1 atom stereocenters. The molecule has 5 nitrogen and oxygen atoms in total. The molecule has 1 amide bonds. The fraction of sp³-hybridized carbons (Fsp3) is 0.276. The van der Waals surface area contributed by atoms with Crippen LogP contribution < -0.4 is 4.84 Å². The second-order valence-corrected chi connectivity index (χ2v) is 8.54. The average Bonchev–Trinajstić information content (AvgIpc) is 2.89. The summed E-state index contributed by atoms with van der Waals surface area (Å²) in [6, 6.07) is 25.6. The van der Waals surface area contributed by atoms with E-state index in [-0.39, 0.29) is 5.91 Å². The zero-order valence-electron chi connectivity index (χ0n) is 20.3. The van der Waals surface area contributed by atoms with E-state index in [0.29, 0.717) is 30.6 Å². The Labute approximate surface area is 212 Å². The number of benzene rings is 2. The Balaban J connectivity index is 1.77. The molecule has 0 N–H and O–H groups in total. The van der Waals surface area contributed by atoms with E-state index in [2.05, 4.69) is 30.3 Å². The van der Waals surface area contributed by atoms with Crippen molar-refractivity contribution in [3.8, 4) is 0 Å².